The van der Waals surface area contributed by atoms with Crippen molar-refractivity contribution >= 4 is 66.2 Å². The van der Waals surface area contributed by atoms with Gasteiger partial charge in [0, 0.05) is 36.5 Å². The Morgan fingerprint density at radius 1 is 0.394 bits per heavy atom. The fourth-order valence-corrected chi connectivity index (χ4v) is 5.65. The summed E-state index contributed by atoms with van der Waals surface area (Å²) in [5.41, 5.74) is 7.31. The predicted molar refractivity (Wildman–Crippen MR) is 148 cm³/mol. The first kappa shape index (κ1) is 18.9. The van der Waals surface area contributed by atoms with E-state index < -0.39 is 0 Å². The van der Waals surface area contributed by atoms with E-state index in [0.717, 1.165) is 0 Å². The van der Waals surface area contributed by atoms with Crippen molar-refractivity contribution in [2.45, 2.75) is 0 Å². The number of aromatic nitrogens is 2. The first-order valence-corrected chi connectivity index (χ1v) is 12.2. The van der Waals surface area contributed by atoms with Crippen LogP contribution in [0.1, 0.15) is 0 Å². The molecule has 156 valence electrons. The molecule has 33 heavy (non-hydrogen) atoms. The molecule has 0 aliphatic carbocycles. The van der Waals surface area contributed by atoms with E-state index in [0.29, 0.717) is 0 Å². The van der Waals surface area contributed by atoms with Gasteiger partial charge in [0.05, 0.1) is 22.1 Å². The van der Waals surface area contributed by atoms with Crippen LogP contribution in [0.4, 0.5) is 0 Å². The minimum absolute atomic E-state index is 1.18. The van der Waals surface area contributed by atoms with E-state index in [1.165, 1.54) is 58.6 Å². The van der Waals surface area contributed by atoms with Crippen LogP contribution >= 0.6 is 22.6 Å². The second-order valence-electron chi connectivity index (χ2n) is 8.41. The lowest BCUT2D eigenvalue weighted by atomic mass is 10.1. The molecule has 3 heteroatoms. The van der Waals surface area contributed by atoms with E-state index >= 15 is 0 Å². The van der Waals surface area contributed by atoms with Gasteiger partial charge in [0.2, 0.25) is 0 Å². The SMILES string of the molecule is Ic1ccc2c(c1)c1cc3c(cc1n2-c1ccccc1)c1ccccc1n3-c1ccccc1. The summed E-state index contributed by atoms with van der Waals surface area (Å²) in [4.78, 5) is 0. The molecule has 0 amide bonds. The number of benzene rings is 5. The Labute approximate surface area is 204 Å². The quantitative estimate of drug-likeness (QED) is 0.197. The molecule has 2 nitrogen and oxygen atoms in total. The largest absolute Gasteiger partial charge is 0.309 e. The molecule has 0 spiro atoms. The van der Waals surface area contributed by atoms with Crippen LogP contribution in [0.25, 0.3) is 55.0 Å². The van der Waals surface area contributed by atoms with Crippen LogP contribution < -0.4 is 0 Å². The topological polar surface area (TPSA) is 9.86 Å². The Hall–Kier alpha value is -3.57. The lowest BCUT2D eigenvalue weighted by Crippen LogP contribution is -1.94. The number of hydrogen-bond acceptors (Lipinski definition) is 0. The van der Waals surface area contributed by atoms with Gasteiger partial charge in [-0.15, -0.1) is 0 Å². The van der Waals surface area contributed by atoms with Gasteiger partial charge in [0.25, 0.3) is 0 Å². The van der Waals surface area contributed by atoms with Crippen molar-refractivity contribution in [2.75, 3.05) is 0 Å². The summed E-state index contributed by atoms with van der Waals surface area (Å²) in [6, 6.07) is 41.6. The van der Waals surface area contributed by atoms with Crippen molar-refractivity contribution in [3.05, 3.63) is 119 Å². The molecule has 5 aromatic carbocycles. The third-order valence-corrected chi connectivity index (χ3v) is 7.22. The molecule has 2 aromatic heterocycles. The molecule has 0 fully saturated rings. The van der Waals surface area contributed by atoms with Gasteiger partial charge in [-0.3, -0.25) is 0 Å². The van der Waals surface area contributed by atoms with Gasteiger partial charge < -0.3 is 9.13 Å². The molecule has 0 atom stereocenters. The van der Waals surface area contributed by atoms with E-state index in [1.54, 1.807) is 0 Å². The average Bonchev–Trinajstić information content (AvgIpc) is 3.35. The minimum atomic E-state index is 1.18. The second kappa shape index (κ2) is 7.22. The molecule has 0 aliphatic heterocycles. The molecule has 0 aliphatic rings. The van der Waals surface area contributed by atoms with Crippen LogP contribution in [-0.2, 0) is 0 Å². The molecule has 0 saturated heterocycles. The Balaban J connectivity index is 1.71. The number of nitrogens with zero attached hydrogens (tertiary/aromatic N) is 2. The van der Waals surface area contributed by atoms with Gasteiger partial charge in [0.1, 0.15) is 0 Å². The zero-order valence-corrected chi connectivity index (χ0v) is 19.9. The highest BCUT2D eigenvalue weighted by Crippen LogP contribution is 2.39. The Bertz CT molecular complexity index is 1810. The Morgan fingerprint density at radius 2 is 0.879 bits per heavy atom. The molecule has 0 unspecified atom stereocenters. The lowest BCUT2D eigenvalue weighted by molar-refractivity contribution is 1.17. The third-order valence-electron chi connectivity index (χ3n) is 6.55. The molecule has 7 rings (SSSR count). The zero-order valence-electron chi connectivity index (χ0n) is 17.7. The van der Waals surface area contributed by atoms with Crippen LogP contribution in [0, 0.1) is 3.57 Å². The minimum Gasteiger partial charge on any atom is -0.309 e. The lowest BCUT2D eigenvalue weighted by Gasteiger charge is -2.09. The summed E-state index contributed by atoms with van der Waals surface area (Å²) in [6.45, 7) is 0. The van der Waals surface area contributed by atoms with Gasteiger partial charge in [-0.05, 0) is 83.3 Å². The van der Waals surface area contributed by atoms with Crippen molar-refractivity contribution < 1.29 is 0 Å². The van der Waals surface area contributed by atoms with Crippen molar-refractivity contribution in [2.24, 2.45) is 0 Å². The predicted octanol–water partition coefficient (Wildman–Crippen LogP) is 8.49. The fraction of sp³-hybridized carbons (Fsp3) is 0. The standard InChI is InChI=1S/C30H19IN2/c31-20-15-16-28-24(17-20)26-19-29-25(18-30(26)33(28)22-11-5-2-6-12-22)23-13-7-8-14-27(23)32(29)21-9-3-1-4-10-21/h1-19H. The molecular formula is C30H19IN2. The van der Waals surface area contributed by atoms with Crippen LogP contribution in [0.15, 0.2) is 115 Å². The molecule has 7 aromatic rings. The van der Waals surface area contributed by atoms with E-state index in [1.807, 2.05) is 0 Å². The van der Waals surface area contributed by atoms with Crippen molar-refractivity contribution in [3.8, 4) is 11.4 Å². The van der Waals surface area contributed by atoms with E-state index in [4.69, 9.17) is 0 Å². The maximum absolute atomic E-state index is 2.42. The van der Waals surface area contributed by atoms with E-state index in [9.17, 15) is 0 Å². The molecule has 0 saturated carbocycles. The normalized spacial score (nSPS) is 11.8. The molecular weight excluding hydrogens is 515 g/mol. The van der Waals surface area contributed by atoms with Crippen LogP contribution in [0.5, 0.6) is 0 Å². The monoisotopic (exact) mass is 534 g/mol. The van der Waals surface area contributed by atoms with Crippen LogP contribution in [-0.4, -0.2) is 9.13 Å². The molecule has 0 N–H and O–H groups in total. The van der Waals surface area contributed by atoms with Gasteiger partial charge >= 0.3 is 0 Å². The Morgan fingerprint density at radius 3 is 1.52 bits per heavy atom. The summed E-state index contributed by atoms with van der Waals surface area (Å²) in [5.74, 6) is 0. The van der Waals surface area contributed by atoms with Crippen molar-refractivity contribution in [1.82, 2.24) is 9.13 Å². The second-order valence-corrected chi connectivity index (χ2v) is 9.65. The van der Waals surface area contributed by atoms with Crippen LogP contribution in [0.3, 0.4) is 0 Å². The summed E-state index contributed by atoms with van der Waals surface area (Å²) in [6.07, 6.45) is 0. The number of fused-ring (bicyclic) bond motifs is 6. The molecule has 0 bridgehead atoms. The van der Waals surface area contributed by atoms with Gasteiger partial charge in [0.15, 0.2) is 0 Å². The summed E-state index contributed by atoms with van der Waals surface area (Å²) >= 11 is 2.42. The average molecular weight is 534 g/mol. The number of para-hydroxylation sites is 3. The highest BCUT2D eigenvalue weighted by Gasteiger charge is 2.18. The smallest absolute Gasteiger partial charge is 0.0548 e. The maximum Gasteiger partial charge on any atom is 0.0548 e. The highest BCUT2D eigenvalue weighted by molar-refractivity contribution is 14.1. The number of hydrogen-bond donors (Lipinski definition) is 0. The Kier molecular flexibility index (Phi) is 4.15. The number of halogens is 1. The zero-order chi connectivity index (χ0) is 21.9. The van der Waals surface area contributed by atoms with Crippen molar-refractivity contribution in [1.29, 1.82) is 0 Å². The van der Waals surface area contributed by atoms with Crippen molar-refractivity contribution in [3.63, 3.8) is 0 Å². The number of rotatable bonds is 2. The first-order valence-electron chi connectivity index (χ1n) is 11.1. The molecule has 0 radical (unpaired) electrons. The van der Waals surface area contributed by atoms with E-state index in [2.05, 4.69) is 147 Å². The van der Waals surface area contributed by atoms with Gasteiger partial charge in [-0.25, -0.2) is 0 Å². The fourth-order valence-electron chi connectivity index (χ4n) is 5.16. The maximum atomic E-state index is 2.42. The van der Waals surface area contributed by atoms with Gasteiger partial charge in [-0.2, -0.15) is 0 Å². The molecule has 2 heterocycles. The summed E-state index contributed by atoms with van der Waals surface area (Å²) in [7, 11) is 0. The van der Waals surface area contributed by atoms with Gasteiger partial charge in [-0.1, -0.05) is 54.6 Å². The van der Waals surface area contributed by atoms with Crippen LogP contribution in [0.2, 0.25) is 0 Å². The van der Waals surface area contributed by atoms with E-state index in [-0.39, 0.29) is 0 Å². The highest BCUT2D eigenvalue weighted by atomic mass is 127. The summed E-state index contributed by atoms with van der Waals surface area (Å²) < 4.78 is 6.04. The first-order chi connectivity index (χ1) is 16.3. The third kappa shape index (κ3) is 2.79. The summed E-state index contributed by atoms with van der Waals surface area (Å²) in [5, 5.41) is 5.11.